The predicted molar refractivity (Wildman–Crippen MR) is 269 cm³/mol. The van der Waals surface area contributed by atoms with E-state index in [2.05, 4.69) is 30.8 Å². The summed E-state index contributed by atoms with van der Waals surface area (Å²) >= 11 is 0. The van der Waals surface area contributed by atoms with Crippen molar-refractivity contribution < 1.29 is 56.1 Å². The van der Waals surface area contributed by atoms with Crippen molar-refractivity contribution in [1.29, 1.82) is 0 Å². The molecule has 1 atom stereocenters. The lowest BCUT2D eigenvalue weighted by Crippen LogP contribution is -2.54. The summed E-state index contributed by atoms with van der Waals surface area (Å²) in [5, 5.41) is 9.19. The average molecular weight is 1030 g/mol. The van der Waals surface area contributed by atoms with Crippen molar-refractivity contribution in [3.05, 3.63) is 59.0 Å². The summed E-state index contributed by atoms with van der Waals surface area (Å²) in [6.07, 6.45) is 7.03. The lowest BCUT2D eigenvalue weighted by Gasteiger charge is -2.34. The Kier molecular flexibility index (Phi) is 15.9. The lowest BCUT2D eigenvalue weighted by atomic mass is 10.0. The molecule has 1 saturated carbocycles. The van der Waals surface area contributed by atoms with Gasteiger partial charge in [-0.15, -0.1) is 0 Å². The Morgan fingerprint density at radius 1 is 0.878 bits per heavy atom. The van der Waals surface area contributed by atoms with Crippen LogP contribution in [0.25, 0.3) is 0 Å². The number of nitrogens with zero attached hydrogens (tertiary/aromatic N) is 7. The number of anilines is 5. The summed E-state index contributed by atoms with van der Waals surface area (Å²) in [5.74, 6) is -8.15. The van der Waals surface area contributed by atoms with Crippen LogP contribution in [0.3, 0.4) is 0 Å². The Hall–Kier alpha value is -6.39. The first-order chi connectivity index (χ1) is 35.1. The Morgan fingerprint density at radius 2 is 1.58 bits per heavy atom. The molecule has 0 spiro atoms. The van der Waals surface area contributed by atoms with Gasteiger partial charge in [-0.1, -0.05) is 18.9 Å². The molecule has 3 fully saturated rings. The zero-order valence-corrected chi connectivity index (χ0v) is 43.2. The molecule has 4 aliphatic heterocycles. The Labute approximate surface area is 428 Å². The highest BCUT2D eigenvalue weighted by Crippen LogP contribution is 2.41. The van der Waals surface area contributed by atoms with Gasteiger partial charge < -0.3 is 44.9 Å². The molecular weight excluding hydrogens is 966 g/mol. The number of imide groups is 2. The maximum atomic E-state index is 15.7. The Bertz CT molecular complexity index is 2660. The summed E-state index contributed by atoms with van der Waals surface area (Å²) in [6.45, 7) is 10.6. The minimum absolute atomic E-state index is 0.0291. The highest BCUT2D eigenvalue weighted by molar-refractivity contribution is 6.25. The van der Waals surface area contributed by atoms with Gasteiger partial charge in [-0.3, -0.25) is 38.6 Å². The zero-order chi connectivity index (χ0) is 53.3. The molecule has 74 heavy (non-hydrogen) atoms. The molecule has 22 heteroatoms. The molecule has 8 rings (SSSR count). The molecule has 2 saturated heterocycles. The number of alkyl halides is 2. The summed E-state index contributed by atoms with van der Waals surface area (Å²) in [5.41, 5.74) is -0.0674. The molecule has 3 aromatic rings. The van der Waals surface area contributed by atoms with Gasteiger partial charge in [0.25, 0.3) is 29.5 Å². The average Bonchev–Trinajstić information content (AvgIpc) is 3.97. The van der Waals surface area contributed by atoms with E-state index >= 15 is 13.2 Å². The van der Waals surface area contributed by atoms with Crippen molar-refractivity contribution in [2.45, 2.75) is 127 Å². The molecule has 3 N–H and O–H groups in total. The molecule has 1 aliphatic carbocycles. The van der Waals surface area contributed by atoms with Gasteiger partial charge in [0.2, 0.25) is 11.9 Å². The fourth-order valence-electron chi connectivity index (χ4n) is 10.3. The number of nitrogens with one attached hydrogen (secondary N) is 3. The van der Waals surface area contributed by atoms with Crippen molar-refractivity contribution in [2.75, 3.05) is 87.6 Å². The summed E-state index contributed by atoms with van der Waals surface area (Å²) in [7, 11) is 4.00. The van der Waals surface area contributed by atoms with Gasteiger partial charge in [0, 0.05) is 70.5 Å². The second kappa shape index (κ2) is 21.8. The van der Waals surface area contributed by atoms with Gasteiger partial charge in [0.05, 0.1) is 66.6 Å². The van der Waals surface area contributed by atoms with E-state index in [-0.39, 0.29) is 76.4 Å². The Morgan fingerprint density at radius 3 is 2.30 bits per heavy atom. The van der Waals surface area contributed by atoms with Crippen LogP contribution in [0.5, 0.6) is 5.75 Å². The fourth-order valence-corrected chi connectivity index (χ4v) is 10.3. The number of rotatable bonds is 19. The molecule has 0 bridgehead atoms. The number of piperidine rings is 2. The van der Waals surface area contributed by atoms with E-state index < -0.39 is 65.1 Å². The number of ether oxygens (including phenoxy) is 3. The van der Waals surface area contributed by atoms with Gasteiger partial charge in [-0.2, -0.15) is 13.8 Å². The Balaban J connectivity index is 0.759. The summed E-state index contributed by atoms with van der Waals surface area (Å²) in [6, 6.07) is 5.92. The number of fused-ring (bicyclic) bond motifs is 2. The van der Waals surface area contributed by atoms with Crippen molar-refractivity contribution in [3.8, 4) is 5.75 Å². The lowest BCUT2D eigenvalue weighted by molar-refractivity contribution is -0.149. The van der Waals surface area contributed by atoms with E-state index in [1.807, 2.05) is 27.7 Å². The largest absolute Gasteiger partial charge is 0.495 e. The van der Waals surface area contributed by atoms with Crippen LogP contribution in [0.1, 0.15) is 123 Å². The number of carbonyl (C=O) groups excluding carboxylic acids is 6. The van der Waals surface area contributed by atoms with Gasteiger partial charge in [0.1, 0.15) is 23.3 Å². The van der Waals surface area contributed by atoms with Crippen LogP contribution in [0, 0.1) is 5.82 Å². The fraction of sp³-hybridized carbons (Fsp3) is 0.577. The standard InChI is InChI=1S/C52H67F3N10O9/c1-50(2,19-21-56-36-14-10-13-33-42(36)47(70)65(45(33)68)38-15-16-41(66)62(6)46(38)69)73-25-20-51(3,4)74-26-24-63-22-17-31(18-23-63)58-44(67)34-27-40(72-7)37(28-35(34)53)59-49-57-29-39-43(60-49)64(32-11-8-9-12-32)30-52(54,55)48(71)61(39)5/h10,13-14,27-29,31-32,38,56H,8-9,11-12,15-26,30H2,1-7H3,(H,58,67)(H,57,59,60). The van der Waals surface area contributed by atoms with Crippen LogP contribution in [0.15, 0.2) is 36.5 Å². The molecule has 1 aromatic heterocycles. The number of likely N-dealkylation sites (N-methyl/N-ethyl adjacent to an activating group) is 1. The first kappa shape index (κ1) is 53.9. The van der Waals surface area contributed by atoms with Crippen molar-refractivity contribution >= 4 is 64.3 Å². The smallest absolute Gasteiger partial charge is 0.342 e. The van der Waals surface area contributed by atoms with Crippen LogP contribution in [-0.2, 0) is 23.9 Å². The molecule has 19 nitrogen and oxygen atoms in total. The molecule has 0 radical (unpaired) electrons. The topological polar surface area (TPSA) is 208 Å². The molecule has 6 amide bonds. The van der Waals surface area contributed by atoms with Crippen LogP contribution in [-0.4, -0.2) is 163 Å². The van der Waals surface area contributed by atoms with E-state index in [4.69, 9.17) is 14.2 Å². The highest BCUT2D eigenvalue weighted by Gasteiger charge is 2.50. The van der Waals surface area contributed by atoms with Gasteiger partial charge in [-0.25, -0.2) is 9.37 Å². The second-order valence-corrected chi connectivity index (χ2v) is 21.0. The molecular formula is C52H67F3N10O9. The third-order valence-electron chi connectivity index (χ3n) is 14.9. The first-order valence-electron chi connectivity index (χ1n) is 25.4. The SMILES string of the molecule is COc1cc(C(=O)NC2CCN(CCOC(C)(C)CCOC(C)(C)CCNc3cccc4c3C(=O)N(C3CCC(=O)N(C)C3=O)C4=O)CC2)c(F)cc1Nc1ncc2c(n1)N(C1CCCC1)CC(F)(F)C(=O)N2C. The van der Waals surface area contributed by atoms with Crippen LogP contribution in [0.4, 0.5) is 42.0 Å². The monoisotopic (exact) mass is 1030 g/mol. The minimum atomic E-state index is -3.64. The number of halogens is 3. The molecule has 1 unspecified atom stereocenters. The maximum Gasteiger partial charge on any atom is 0.342 e. The molecule has 5 heterocycles. The van der Waals surface area contributed by atoms with Crippen LogP contribution in [0.2, 0.25) is 0 Å². The third kappa shape index (κ3) is 11.6. The molecule has 5 aliphatic rings. The van der Waals surface area contributed by atoms with Gasteiger partial charge in [-0.05, 0) is 90.8 Å². The highest BCUT2D eigenvalue weighted by atomic mass is 19.3. The van der Waals surface area contributed by atoms with Crippen molar-refractivity contribution in [3.63, 3.8) is 0 Å². The number of benzene rings is 2. The number of hydrogen-bond donors (Lipinski definition) is 3. The van der Waals surface area contributed by atoms with E-state index in [0.717, 1.165) is 33.6 Å². The maximum absolute atomic E-state index is 15.7. The second-order valence-electron chi connectivity index (χ2n) is 21.0. The zero-order valence-electron chi connectivity index (χ0n) is 43.2. The molecule has 400 valence electrons. The van der Waals surface area contributed by atoms with Gasteiger partial charge >= 0.3 is 5.92 Å². The third-order valence-corrected chi connectivity index (χ3v) is 14.9. The number of amides is 6. The van der Waals surface area contributed by atoms with Crippen LogP contribution >= 0.6 is 0 Å². The van der Waals surface area contributed by atoms with Crippen molar-refractivity contribution in [2.24, 2.45) is 0 Å². The summed E-state index contributed by atoms with van der Waals surface area (Å²) in [4.78, 5) is 93.4. The number of methoxy groups -OCH3 is 1. The first-order valence-corrected chi connectivity index (χ1v) is 25.4. The number of likely N-dealkylation sites (tertiary alicyclic amines) is 2. The summed E-state index contributed by atoms with van der Waals surface area (Å²) < 4.78 is 64.0. The minimum Gasteiger partial charge on any atom is -0.495 e. The molecule has 2 aromatic carbocycles. The van der Waals surface area contributed by atoms with E-state index in [0.29, 0.717) is 83.6 Å². The number of hydrogen-bond acceptors (Lipinski definition) is 15. The predicted octanol–water partition coefficient (Wildman–Crippen LogP) is 6.15. The van der Waals surface area contributed by atoms with E-state index in [1.54, 1.807) is 18.2 Å². The van der Waals surface area contributed by atoms with Crippen LogP contribution < -0.4 is 30.5 Å². The van der Waals surface area contributed by atoms with Crippen molar-refractivity contribution in [1.82, 2.24) is 30.0 Å². The quantitative estimate of drug-likeness (QED) is 0.115. The van der Waals surface area contributed by atoms with E-state index in [1.165, 1.54) is 38.4 Å². The van der Waals surface area contributed by atoms with Gasteiger partial charge in [0.15, 0.2) is 5.82 Å². The van der Waals surface area contributed by atoms with E-state index in [9.17, 15) is 28.8 Å². The number of carbonyl (C=O) groups is 6. The number of aromatic nitrogens is 2. The normalized spacial score (nSPS) is 20.0.